The lowest BCUT2D eigenvalue weighted by Gasteiger charge is -2.19. The SMILES string of the molecule is Oc1ccc2[nH]cc(C(Cc3ccc(CC(c4c[nH]c5ccc(O)cc45)c4c[nH]c5ccc(O)cc45)cc3)c3c[nH]c4ccc(O)cc34)c2c1. The average molecular weight is 659 g/mol. The molecule has 0 fully saturated rings. The summed E-state index contributed by atoms with van der Waals surface area (Å²) in [7, 11) is 0. The van der Waals surface area contributed by atoms with Gasteiger partial charge in [0.15, 0.2) is 0 Å². The number of aromatic hydroxyl groups is 4. The first-order chi connectivity index (χ1) is 24.4. The Morgan fingerprint density at radius 2 is 0.620 bits per heavy atom. The molecule has 0 saturated heterocycles. The molecule has 8 N–H and O–H groups in total. The maximum absolute atomic E-state index is 10.4. The maximum atomic E-state index is 10.4. The molecule has 0 saturated carbocycles. The first-order valence-electron chi connectivity index (χ1n) is 16.7. The van der Waals surface area contributed by atoms with Crippen LogP contribution in [-0.4, -0.2) is 40.4 Å². The highest BCUT2D eigenvalue weighted by atomic mass is 16.3. The number of fused-ring (bicyclic) bond motifs is 4. The van der Waals surface area contributed by atoms with Crippen LogP contribution >= 0.6 is 0 Å². The van der Waals surface area contributed by atoms with Crippen molar-refractivity contribution in [3.8, 4) is 23.0 Å². The fourth-order valence-electron chi connectivity index (χ4n) is 7.73. The number of hydrogen-bond acceptors (Lipinski definition) is 4. The largest absolute Gasteiger partial charge is 0.508 e. The summed E-state index contributed by atoms with van der Waals surface area (Å²) in [4.78, 5) is 13.5. The van der Waals surface area contributed by atoms with Crippen LogP contribution in [0.1, 0.15) is 45.2 Å². The third-order valence-electron chi connectivity index (χ3n) is 10.2. The van der Waals surface area contributed by atoms with E-state index in [1.54, 1.807) is 48.5 Å². The van der Waals surface area contributed by atoms with Crippen molar-refractivity contribution in [2.45, 2.75) is 24.7 Å². The maximum Gasteiger partial charge on any atom is 0.116 e. The summed E-state index contributed by atoms with van der Waals surface area (Å²) in [6.45, 7) is 0. The minimum absolute atomic E-state index is 0.0718. The van der Waals surface area contributed by atoms with Gasteiger partial charge in [0, 0.05) is 80.2 Å². The van der Waals surface area contributed by atoms with Crippen molar-refractivity contribution >= 4 is 43.6 Å². The fourth-order valence-corrected chi connectivity index (χ4v) is 7.73. The highest BCUT2D eigenvalue weighted by Crippen LogP contribution is 2.41. The lowest BCUT2D eigenvalue weighted by molar-refractivity contribution is 0.475. The van der Waals surface area contributed by atoms with Crippen LogP contribution < -0.4 is 0 Å². The number of phenolic OH excluding ortho intramolecular Hbond substituents is 4. The molecule has 8 heteroatoms. The second-order valence-corrected chi connectivity index (χ2v) is 13.2. The molecule has 4 heterocycles. The monoisotopic (exact) mass is 658 g/mol. The van der Waals surface area contributed by atoms with Gasteiger partial charge in [-0.3, -0.25) is 0 Å². The van der Waals surface area contributed by atoms with Gasteiger partial charge >= 0.3 is 0 Å². The van der Waals surface area contributed by atoms with Crippen LogP contribution in [-0.2, 0) is 12.8 Å². The zero-order valence-corrected chi connectivity index (χ0v) is 26.9. The van der Waals surface area contributed by atoms with Gasteiger partial charge < -0.3 is 40.4 Å². The Labute approximate surface area is 286 Å². The van der Waals surface area contributed by atoms with Gasteiger partial charge in [0.2, 0.25) is 0 Å². The van der Waals surface area contributed by atoms with Gasteiger partial charge in [0.25, 0.3) is 0 Å². The molecular formula is C42H34N4O4. The number of aromatic nitrogens is 4. The Morgan fingerprint density at radius 3 is 0.880 bits per heavy atom. The van der Waals surface area contributed by atoms with E-state index in [1.165, 1.54) is 0 Å². The average Bonchev–Trinajstić information content (AvgIpc) is 3.92. The summed E-state index contributed by atoms with van der Waals surface area (Å²) in [5, 5.41) is 45.4. The topological polar surface area (TPSA) is 144 Å². The van der Waals surface area contributed by atoms with E-state index < -0.39 is 0 Å². The Hall–Kier alpha value is -6.54. The summed E-state index contributed by atoms with van der Waals surface area (Å²) in [6, 6.07) is 30.2. The van der Waals surface area contributed by atoms with E-state index in [1.807, 2.05) is 49.1 Å². The van der Waals surface area contributed by atoms with Crippen LogP contribution in [0.5, 0.6) is 23.0 Å². The van der Waals surface area contributed by atoms with Crippen LogP contribution in [0.4, 0.5) is 0 Å². The van der Waals surface area contributed by atoms with Crippen LogP contribution in [0, 0.1) is 0 Å². The number of benzene rings is 5. The van der Waals surface area contributed by atoms with E-state index in [4.69, 9.17) is 0 Å². The predicted octanol–water partition coefficient (Wildman–Crippen LogP) is 9.18. The quantitative estimate of drug-likeness (QED) is 0.0823. The number of phenols is 4. The Bertz CT molecular complexity index is 2330. The molecule has 9 aromatic rings. The van der Waals surface area contributed by atoms with Crippen molar-refractivity contribution in [2.24, 2.45) is 0 Å². The summed E-state index contributed by atoms with van der Waals surface area (Å²) in [6.07, 6.45) is 9.47. The third kappa shape index (κ3) is 5.09. The summed E-state index contributed by atoms with van der Waals surface area (Å²) >= 11 is 0. The number of hydrogen-bond donors (Lipinski definition) is 8. The molecule has 5 aromatic carbocycles. The second-order valence-electron chi connectivity index (χ2n) is 13.2. The molecule has 0 radical (unpaired) electrons. The smallest absolute Gasteiger partial charge is 0.116 e. The van der Waals surface area contributed by atoms with Crippen molar-refractivity contribution in [1.29, 1.82) is 0 Å². The van der Waals surface area contributed by atoms with Gasteiger partial charge in [-0.2, -0.15) is 0 Å². The fraction of sp³-hybridized carbons (Fsp3) is 0.0952. The predicted molar refractivity (Wildman–Crippen MR) is 197 cm³/mol. The van der Waals surface area contributed by atoms with Gasteiger partial charge in [-0.15, -0.1) is 0 Å². The van der Waals surface area contributed by atoms with E-state index in [9.17, 15) is 20.4 Å². The molecule has 0 spiro atoms. The van der Waals surface area contributed by atoms with Crippen molar-refractivity contribution in [3.63, 3.8) is 0 Å². The molecule has 0 unspecified atom stereocenters. The van der Waals surface area contributed by atoms with E-state index >= 15 is 0 Å². The number of nitrogens with one attached hydrogen (secondary N) is 4. The van der Waals surface area contributed by atoms with Crippen molar-refractivity contribution < 1.29 is 20.4 Å². The lowest BCUT2D eigenvalue weighted by Crippen LogP contribution is -2.06. The molecule has 0 atom stereocenters. The van der Waals surface area contributed by atoms with Gasteiger partial charge in [0.1, 0.15) is 23.0 Å². The van der Waals surface area contributed by atoms with Gasteiger partial charge in [0.05, 0.1) is 0 Å². The van der Waals surface area contributed by atoms with Crippen LogP contribution in [0.25, 0.3) is 43.6 Å². The van der Waals surface area contributed by atoms with Crippen LogP contribution in [0.15, 0.2) is 122 Å². The number of H-pyrrole nitrogens is 4. The second kappa shape index (κ2) is 11.6. The summed E-state index contributed by atoms with van der Waals surface area (Å²) in [5.41, 5.74) is 10.3. The minimum Gasteiger partial charge on any atom is -0.508 e. The molecule has 0 aliphatic carbocycles. The standard InChI is InChI=1S/C42H34N4O4/c47-25-5-9-39-31(15-25)35(19-43-39)29(36-20-44-40-10-6-26(48)16-32(36)40)13-23-1-2-24(4-3-23)14-30(37-21-45-41-11-7-27(49)17-33(37)41)38-22-46-42-12-8-28(50)18-34(38)42/h1-12,15-22,29-30,43-50H,13-14H2. The first-order valence-corrected chi connectivity index (χ1v) is 16.7. The van der Waals surface area contributed by atoms with Gasteiger partial charge in [-0.05, 0) is 119 Å². The molecule has 0 aliphatic rings. The molecular weight excluding hydrogens is 624 g/mol. The zero-order chi connectivity index (χ0) is 33.9. The van der Waals surface area contributed by atoms with E-state index in [0.29, 0.717) is 12.8 Å². The van der Waals surface area contributed by atoms with Crippen molar-refractivity contribution in [1.82, 2.24) is 19.9 Å². The molecule has 0 amide bonds. The van der Waals surface area contributed by atoms with Gasteiger partial charge in [-0.25, -0.2) is 0 Å². The number of aromatic amines is 4. The molecule has 4 aromatic heterocycles. The molecule has 8 nitrogen and oxygen atoms in total. The first kappa shape index (κ1) is 29.6. The Kier molecular flexibility index (Phi) is 6.84. The van der Waals surface area contributed by atoms with Crippen molar-refractivity contribution in [3.05, 3.63) is 155 Å². The highest BCUT2D eigenvalue weighted by molar-refractivity contribution is 5.91. The summed E-state index contributed by atoms with van der Waals surface area (Å²) in [5.74, 6) is 0.702. The normalized spacial score (nSPS) is 12.0. The van der Waals surface area contributed by atoms with Crippen LogP contribution in [0.2, 0.25) is 0 Å². The lowest BCUT2D eigenvalue weighted by atomic mass is 9.83. The molecule has 246 valence electrons. The third-order valence-corrected chi connectivity index (χ3v) is 10.2. The molecule has 9 rings (SSSR count). The zero-order valence-electron chi connectivity index (χ0n) is 26.9. The van der Waals surface area contributed by atoms with Crippen LogP contribution in [0.3, 0.4) is 0 Å². The molecule has 0 bridgehead atoms. The van der Waals surface area contributed by atoms with E-state index in [-0.39, 0.29) is 34.8 Å². The van der Waals surface area contributed by atoms with Crippen molar-refractivity contribution in [2.75, 3.05) is 0 Å². The van der Waals surface area contributed by atoms with Gasteiger partial charge in [-0.1, -0.05) is 24.3 Å². The number of rotatable bonds is 8. The molecule has 0 aliphatic heterocycles. The summed E-state index contributed by atoms with van der Waals surface area (Å²) < 4.78 is 0. The Balaban J connectivity index is 1.10. The van der Waals surface area contributed by atoms with E-state index in [0.717, 1.165) is 77.0 Å². The highest BCUT2D eigenvalue weighted by Gasteiger charge is 2.25. The molecule has 50 heavy (non-hydrogen) atoms. The van der Waals surface area contributed by atoms with E-state index in [2.05, 4.69) is 44.2 Å². The minimum atomic E-state index is -0.0718. The Morgan fingerprint density at radius 1 is 0.360 bits per heavy atom.